The average molecular weight is 269 g/mol. The van der Waals surface area contributed by atoms with E-state index in [9.17, 15) is 9.59 Å². The van der Waals surface area contributed by atoms with E-state index in [-0.39, 0.29) is 15.9 Å². The van der Waals surface area contributed by atoms with Crippen LogP contribution in [0.4, 0.5) is 0 Å². The lowest BCUT2D eigenvalue weighted by Gasteiger charge is -2.30. The molecule has 4 nitrogen and oxygen atoms in total. The van der Waals surface area contributed by atoms with Crippen molar-refractivity contribution in [3.05, 3.63) is 34.2 Å². The maximum Gasteiger partial charge on any atom is 0.337 e. The fraction of sp³-hybridized carbons (Fsp3) is 0.538. The Morgan fingerprint density at radius 1 is 1.39 bits per heavy atom. The first kappa shape index (κ1) is 14.8. The van der Waals surface area contributed by atoms with Gasteiger partial charge in [-0.3, -0.25) is 4.79 Å². The van der Waals surface area contributed by atoms with Crippen LogP contribution < -0.4 is 5.56 Å². The summed E-state index contributed by atoms with van der Waals surface area (Å²) in [4.78, 5) is 22.7. The topological polar surface area (TPSA) is 59.3 Å². The van der Waals surface area contributed by atoms with Crippen molar-refractivity contribution in [2.45, 2.75) is 38.0 Å². The standard InChI is InChI=1S/C13H19NO3S/c1-4-13(5-2,18-3)9-14-8-10(12(16)17)6-7-11(14)15/h6-8H,4-5,9H2,1-3H3,(H,16,17). The molecule has 0 unspecified atom stereocenters. The maximum absolute atomic E-state index is 11.8. The van der Waals surface area contributed by atoms with E-state index in [1.165, 1.54) is 22.9 Å². The first-order valence-corrected chi connectivity index (χ1v) is 7.19. The predicted octanol–water partition coefficient (Wildman–Crippen LogP) is 2.47. The number of thioether (sulfide) groups is 1. The van der Waals surface area contributed by atoms with Gasteiger partial charge in [0, 0.05) is 23.6 Å². The molecule has 0 fully saturated rings. The smallest absolute Gasteiger partial charge is 0.337 e. The van der Waals surface area contributed by atoms with Crippen LogP contribution in [0.3, 0.4) is 0 Å². The van der Waals surface area contributed by atoms with Crippen LogP contribution in [0.2, 0.25) is 0 Å². The third-order valence-corrected chi connectivity index (χ3v) is 4.98. The van der Waals surface area contributed by atoms with Crippen LogP contribution >= 0.6 is 11.8 Å². The molecule has 0 radical (unpaired) electrons. The minimum Gasteiger partial charge on any atom is -0.478 e. The Balaban J connectivity index is 3.13. The van der Waals surface area contributed by atoms with Crippen LogP contribution in [0.15, 0.2) is 23.1 Å². The van der Waals surface area contributed by atoms with E-state index in [0.29, 0.717) is 6.54 Å². The van der Waals surface area contributed by atoms with Crippen molar-refractivity contribution in [3.63, 3.8) is 0 Å². The molecule has 1 aromatic heterocycles. The van der Waals surface area contributed by atoms with Crippen molar-refractivity contribution in [2.75, 3.05) is 6.26 Å². The van der Waals surface area contributed by atoms with Crippen LogP contribution in [0.5, 0.6) is 0 Å². The minimum atomic E-state index is -1.01. The van der Waals surface area contributed by atoms with Gasteiger partial charge in [-0.1, -0.05) is 13.8 Å². The van der Waals surface area contributed by atoms with E-state index in [0.717, 1.165) is 12.8 Å². The molecule has 0 bridgehead atoms. The van der Waals surface area contributed by atoms with Crippen molar-refractivity contribution in [1.82, 2.24) is 4.57 Å². The molecule has 1 rings (SSSR count). The van der Waals surface area contributed by atoms with Crippen molar-refractivity contribution in [1.29, 1.82) is 0 Å². The number of aromatic nitrogens is 1. The molecule has 0 saturated heterocycles. The molecule has 0 aliphatic heterocycles. The molecule has 0 aliphatic rings. The molecule has 5 heteroatoms. The summed E-state index contributed by atoms with van der Waals surface area (Å²) in [5, 5.41) is 8.95. The van der Waals surface area contributed by atoms with E-state index in [1.807, 2.05) is 6.26 Å². The summed E-state index contributed by atoms with van der Waals surface area (Å²) in [7, 11) is 0. The van der Waals surface area contributed by atoms with Gasteiger partial charge in [-0.25, -0.2) is 4.79 Å². The summed E-state index contributed by atoms with van der Waals surface area (Å²) in [6.07, 6.45) is 5.34. The molecule has 18 heavy (non-hydrogen) atoms. The number of carboxylic acids is 1. The van der Waals surface area contributed by atoms with E-state index in [4.69, 9.17) is 5.11 Å². The molecule has 0 saturated carbocycles. The van der Waals surface area contributed by atoms with Gasteiger partial charge in [-0.15, -0.1) is 0 Å². The average Bonchev–Trinajstić information content (AvgIpc) is 2.38. The zero-order valence-electron chi connectivity index (χ0n) is 11.0. The van der Waals surface area contributed by atoms with Gasteiger partial charge in [0.05, 0.1) is 5.56 Å². The second-order valence-electron chi connectivity index (χ2n) is 4.28. The van der Waals surface area contributed by atoms with Gasteiger partial charge in [0.1, 0.15) is 0 Å². The molecule has 1 aromatic rings. The first-order valence-electron chi connectivity index (χ1n) is 5.97. The van der Waals surface area contributed by atoms with Crippen molar-refractivity contribution in [3.8, 4) is 0 Å². The fourth-order valence-electron chi connectivity index (χ4n) is 1.92. The lowest BCUT2D eigenvalue weighted by molar-refractivity contribution is 0.0695. The van der Waals surface area contributed by atoms with E-state index < -0.39 is 5.97 Å². The number of nitrogens with zero attached hydrogens (tertiary/aromatic N) is 1. The Kier molecular flexibility index (Phi) is 5.02. The lowest BCUT2D eigenvalue weighted by atomic mass is 10.0. The molecule has 0 amide bonds. The third-order valence-electron chi connectivity index (χ3n) is 3.41. The van der Waals surface area contributed by atoms with E-state index >= 15 is 0 Å². The summed E-state index contributed by atoms with van der Waals surface area (Å²) < 4.78 is 1.49. The molecular formula is C13H19NO3S. The Morgan fingerprint density at radius 2 is 2.00 bits per heavy atom. The lowest BCUT2D eigenvalue weighted by Crippen LogP contribution is -2.34. The molecule has 0 aromatic carbocycles. The summed E-state index contributed by atoms with van der Waals surface area (Å²) in [6, 6.07) is 2.67. The van der Waals surface area contributed by atoms with Crippen molar-refractivity contribution >= 4 is 17.7 Å². The highest BCUT2D eigenvalue weighted by atomic mass is 32.2. The van der Waals surface area contributed by atoms with Gasteiger partial charge in [0.15, 0.2) is 0 Å². The van der Waals surface area contributed by atoms with Crippen LogP contribution in [0, 0.1) is 0 Å². The fourth-order valence-corrected chi connectivity index (χ4v) is 2.76. The molecular weight excluding hydrogens is 250 g/mol. The molecule has 0 spiro atoms. The van der Waals surface area contributed by atoms with Gasteiger partial charge >= 0.3 is 5.97 Å². The van der Waals surface area contributed by atoms with Gasteiger partial charge in [0.25, 0.3) is 5.56 Å². The second-order valence-corrected chi connectivity index (χ2v) is 5.56. The van der Waals surface area contributed by atoms with E-state index in [1.54, 1.807) is 11.8 Å². The summed E-state index contributed by atoms with van der Waals surface area (Å²) in [5.41, 5.74) is -0.00265. The van der Waals surface area contributed by atoms with Crippen LogP contribution in [0.25, 0.3) is 0 Å². The van der Waals surface area contributed by atoms with Gasteiger partial charge in [-0.2, -0.15) is 11.8 Å². The zero-order valence-corrected chi connectivity index (χ0v) is 11.8. The SMILES string of the molecule is CCC(CC)(Cn1cc(C(=O)O)ccc1=O)SC. The number of carbonyl (C=O) groups is 1. The van der Waals surface area contributed by atoms with Crippen molar-refractivity contribution in [2.24, 2.45) is 0 Å². The monoisotopic (exact) mass is 269 g/mol. The summed E-state index contributed by atoms with van der Waals surface area (Å²) >= 11 is 1.73. The Labute approximate surface area is 111 Å². The largest absolute Gasteiger partial charge is 0.478 e. The predicted molar refractivity (Wildman–Crippen MR) is 74.5 cm³/mol. The normalized spacial score (nSPS) is 11.5. The highest BCUT2D eigenvalue weighted by molar-refractivity contribution is 8.00. The molecule has 1 heterocycles. The zero-order chi connectivity index (χ0) is 13.8. The summed E-state index contributed by atoms with van der Waals surface area (Å²) in [5.74, 6) is -1.01. The van der Waals surface area contributed by atoms with Gasteiger partial charge in [0.2, 0.25) is 0 Å². The Morgan fingerprint density at radius 3 is 2.44 bits per heavy atom. The number of aromatic carboxylic acids is 1. The maximum atomic E-state index is 11.8. The van der Waals surface area contributed by atoms with Crippen molar-refractivity contribution < 1.29 is 9.90 Å². The van der Waals surface area contributed by atoms with Crippen LogP contribution in [-0.4, -0.2) is 26.6 Å². The number of hydrogen-bond donors (Lipinski definition) is 1. The second kappa shape index (κ2) is 6.09. The number of carboxylic acid groups (broad SMARTS) is 1. The first-order chi connectivity index (χ1) is 8.48. The highest BCUT2D eigenvalue weighted by Crippen LogP contribution is 2.31. The summed E-state index contributed by atoms with van der Waals surface area (Å²) in [6.45, 7) is 4.72. The minimum absolute atomic E-state index is 0.0129. The quantitative estimate of drug-likeness (QED) is 0.862. The van der Waals surface area contributed by atoms with Crippen LogP contribution in [0.1, 0.15) is 37.0 Å². The number of rotatable bonds is 6. The molecule has 0 aliphatic carbocycles. The highest BCUT2D eigenvalue weighted by Gasteiger charge is 2.26. The molecule has 100 valence electrons. The Bertz CT molecular complexity index is 469. The van der Waals surface area contributed by atoms with Crippen LogP contribution in [-0.2, 0) is 6.54 Å². The third kappa shape index (κ3) is 3.16. The Hall–Kier alpha value is -1.23. The van der Waals surface area contributed by atoms with E-state index in [2.05, 4.69) is 13.8 Å². The number of hydrogen-bond acceptors (Lipinski definition) is 3. The van der Waals surface area contributed by atoms with Gasteiger partial charge in [-0.05, 0) is 25.2 Å². The van der Waals surface area contributed by atoms with Gasteiger partial charge < -0.3 is 9.67 Å². The molecule has 0 atom stereocenters. The number of pyridine rings is 1. The molecule has 1 N–H and O–H groups in total.